The first-order valence-electron chi connectivity index (χ1n) is 8.28. The number of aliphatic hydroxyl groups is 2. The first-order chi connectivity index (χ1) is 13.7. The lowest BCUT2D eigenvalue weighted by Gasteiger charge is -2.27. The van der Waals surface area contributed by atoms with Crippen molar-refractivity contribution in [1.82, 2.24) is 14.5 Å². The molecule has 5 atom stereocenters. The van der Waals surface area contributed by atoms with Crippen LogP contribution in [-0.4, -0.2) is 49.4 Å². The molecule has 0 spiro atoms. The van der Waals surface area contributed by atoms with E-state index in [2.05, 4.69) is 4.98 Å². The van der Waals surface area contributed by atoms with Crippen LogP contribution in [0.25, 0.3) is 0 Å². The maximum Gasteiger partial charge on any atom is 0.530 e. The minimum atomic E-state index is -4.26. The van der Waals surface area contributed by atoms with Crippen molar-refractivity contribution in [3.05, 3.63) is 57.1 Å². The molecule has 2 aromatic heterocycles. The molecule has 3 N–H and O–H groups in total. The van der Waals surface area contributed by atoms with Gasteiger partial charge in [0.05, 0.1) is 0 Å². The molecule has 2 aliphatic rings. The molecule has 0 aliphatic carbocycles. The Morgan fingerprint density at radius 1 is 1.41 bits per heavy atom. The number of halogens is 1. The zero-order chi connectivity index (χ0) is 20.8. The van der Waals surface area contributed by atoms with E-state index < -0.39 is 50.0 Å². The molecule has 0 amide bonds. The van der Waals surface area contributed by atoms with Crippen LogP contribution in [0, 0.1) is 0 Å². The fourth-order valence-electron chi connectivity index (χ4n) is 2.85. The minimum absolute atomic E-state index is 0.126. The molecule has 29 heavy (non-hydrogen) atoms. The van der Waals surface area contributed by atoms with Gasteiger partial charge >= 0.3 is 13.5 Å². The molecule has 156 valence electrons. The highest BCUT2D eigenvalue weighted by Gasteiger charge is 2.57. The molecule has 1 unspecified atom stereocenters. The number of alkyl halides is 1. The Hall–Kier alpha value is -2.41. The standard InChI is InChI=1S/C15H15FN3O9P/c16-15(7-26-29(24)25-6-8-9(28-29)2-1-4-17-8)12(22)11(21)13(27-15)19-5-3-10(20)18-14(19)23/h1-5,11-13,21-22H,6-7H2,(H,18,20,23)/t11-,12+,13-,15-,29?/m1/s1. The smallest absolute Gasteiger partial charge is 0.402 e. The van der Waals surface area contributed by atoms with Gasteiger partial charge in [-0.05, 0) is 12.1 Å². The van der Waals surface area contributed by atoms with E-state index in [1.165, 1.54) is 18.3 Å². The number of H-pyrrole nitrogens is 1. The third-order valence-electron chi connectivity index (χ3n) is 4.34. The van der Waals surface area contributed by atoms with Crippen LogP contribution in [-0.2, 0) is 25.0 Å². The van der Waals surface area contributed by atoms with E-state index in [4.69, 9.17) is 18.3 Å². The lowest BCUT2D eigenvalue weighted by Crippen LogP contribution is -2.43. The van der Waals surface area contributed by atoms with E-state index in [0.717, 1.165) is 12.3 Å². The average molecular weight is 431 g/mol. The first kappa shape index (κ1) is 19.9. The van der Waals surface area contributed by atoms with Crippen LogP contribution in [0.1, 0.15) is 11.9 Å². The monoisotopic (exact) mass is 431 g/mol. The summed E-state index contributed by atoms with van der Waals surface area (Å²) in [5.74, 6) is -2.93. The summed E-state index contributed by atoms with van der Waals surface area (Å²) in [5, 5.41) is 20.2. The molecule has 14 heteroatoms. The predicted molar refractivity (Wildman–Crippen MR) is 90.5 cm³/mol. The molecular weight excluding hydrogens is 416 g/mol. The Morgan fingerprint density at radius 2 is 2.21 bits per heavy atom. The average Bonchev–Trinajstić information content (AvgIpc) is 2.91. The van der Waals surface area contributed by atoms with Crippen LogP contribution in [0.5, 0.6) is 5.75 Å². The molecule has 2 aliphatic heterocycles. The van der Waals surface area contributed by atoms with Crippen molar-refractivity contribution in [2.24, 2.45) is 0 Å². The molecule has 4 rings (SSSR count). The molecule has 12 nitrogen and oxygen atoms in total. The summed E-state index contributed by atoms with van der Waals surface area (Å²) < 4.78 is 48.4. The van der Waals surface area contributed by atoms with Crippen LogP contribution in [0.3, 0.4) is 0 Å². The molecule has 1 saturated heterocycles. The van der Waals surface area contributed by atoms with E-state index in [-0.39, 0.29) is 12.4 Å². The zero-order valence-corrected chi connectivity index (χ0v) is 15.4. The molecular formula is C15H15FN3O9P. The summed E-state index contributed by atoms with van der Waals surface area (Å²) >= 11 is 0. The largest absolute Gasteiger partial charge is 0.530 e. The Morgan fingerprint density at radius 3 is 2.97 bits per heavy atom. The number of pyridine rings is 1. The molecule has 4 heterocycles. The topological polar surface area (TPSA) is 162 Å². The van der Waals surface area contributed by atoms with Gasteiger partial charge in [0, 0.05) is 18.5 Å². The number of hydrogen-bond donors (Lipinski definition) is 3. The third-order valence-corrected chi connectivity index (χ3v) is 5.65. The Kier molecular flexibility index (Phi) is 4.89. The van der Waals surface area contributed by atoms with Crippen molar-refractivity contribution < 1.29 is 37.5 Å². The number of nitrogens with zero attached hydrogens (tertiary/aromatic N) is 2. The molecule has 2 aromatic rings. The van der Waals surface area contributed by atoms with Crippen molar-refractivity contribution in [2.75, 3.05) is 6.61 Å². The van der Waals surface area contributed by atoms with Gasteiger partial charge in [0.1, 0.15) is 31.1 Å². The second-order valence-electron chi connectivity index (χ2n) is 6.28. The Balaban J connectivity index is 1.51. The van der Waals surface area contributed by atoms with E-state index in [1.54, 1.807) is 0 Å². The summed E-state index contributed by atoms with van der Waals surface area (Å²) in [4.78, 5) is 28.9. The van der Waals surface area contributed by atoms with Gasteiger partial charge in [-0.15, -0.1) is 0 Å². The Labute approximate surface area is 161 Å². The number of aromatic nitrogens is 3. The van der Waals surface area contributed by atoms with Crippen LogP contribution in [0.2, 0.25) is 0 Å². The predicted octanol–water partition coefficient (Wildman–Crippen LogP) is -0.418. The van der Waals surface area contributed by atoms with Gasteiger partial charge in [-0.3, -0.25) is 28.4 Å². The summed E-state index contributed by atoms with van der Waals surface area (Å²) in [6.07, 6.45) is -3.30. The number of nitrogens with one attached hydrogen (secondary N) is 1. The van der Waals surface area contributed by atoms with Crippen LogP contribution in [0.4, 0.5) is 4.39 Å². The highest BCUT2D eigenvalue weighted by Crippen LogP contribution is 2.55. The van der Waals surface area contributed by atoms with Gasteiger partial charge in [-0.2, -0.15) is 0 Å². The van der Waals surface area contributed by atoms with Crippen molar-refractivity contribution >= 4 is 7.82 Å². The van der Waals surface area contributed by atoms with Gasteiger partial charge in [0.25, 0.3) is 11.4 Å². The van der Waals surface area contributed by atoms with Crippen LogP contribution in [0.15, 0.2) is 40.2 Å². The lowest BCUT2D eigenvalue weighted by molar-refractivity contribution is -0.205. The van der Waals surface area contributed by atoms with Crippen molar-refractivity contribution in [3.63, 3.8) is 0 Å². The minimum Gasteiger partial charge on any atom is -0.402 e. The van der Waals surface area contributed by atoms with Crippen molar-refractivity contribution in [1.29, 1.82) is 0 Å². The van der Waals surface area contributed by atoms with Gasteiger partial charge in [0.2, 0.25) is 0 Å². The van der Waals surface area contributed by atoms with E-state index in [9.17, 15) is 24.4 Å². The summed E-state index contributed by atoms with van der Waals surface area (Å²) in [7, 11) is -4.26. The number of phosphoric acid groups is 1. The third kappa shape index (κ3) is 3.64. The maximum atomic E-state index is 15.1. The summed E-state index contributed by atoms with van der Waals surface area (Å²) in [6, 6.07) is 3.94. The SMILES string of the molecule is O=c1ccn([C@@H]2O[C@](F)(COP3(=O)OCc4ncccc4O3)[C@@H](O)[C@H]2O)c(=O)[nH]1. The van der Waals surface area contributed by atoms with E-state index in [1.807, 2.05) is 4.98 Å². The zero-order valence-electron chi connectivity index (χ0n) is 14.5. The van der Waals surface area contributed by atoms with Crippen molar-refractivity contribution in [2.45, 2.75) is 30.9 Å². The van der Waals surface area contributed by atoms with Crippen LogP contribution >= 0.6 is 7.82 Å². The number of phosphoric ester groups is 1. The maximum absolute atomic E-state index is 15.1. The second kappa shape index (κ2) is 7.13. The molecule has 0 aromatic carbocycles. The van der Waals surface area contributed by atoms with Gasteiger partial charge in [0.15, 0.2) is 12.0 Å². The molecule has 0 saturated carbocycles. The van der Waals surface area contributed by atoms with Gasteiger partial charge in [-0.25, -0.2) is 13.8 Å². The lowest BCUT2D eigenvalue weighted by atomic mass is 10.1. The number of fused-ring (bicyclic) bond motifs is 1. The Bertz CT molecular complexity index is 1090. The molecule has 1 fully saturated rings. The number of aliphatic hydroxyl groups excluding tert-OH is 2. The number of hydrogen-bond acceptors (Lipinski definition) is 10. The fraction of sp³-hybridized carbons (Fsp3) is 0.400. The highest BCUT2D eigenvalue weighted by atomic mass is 31.2. The number of ether oxygens (including phenoxy) is 1. The normalized spacial score (nSPS) is 33.8. The quantitative estimate of drug-likeness (QED) is 0.542. The first-order valence-corrected chi connectivity index (χ1v) is 9.74. The highest BCUT2D eigenvalue weighted by molar-refractivity contribution is 7.49. The fourth-order valence-corrected chi connectivity index (χ4v) is 4.05. The number of aromatic amines is 1. The number of rotatable bonds is 4. The second-order valence-corrected chi connectivity index (χ2v) is 7.87. The van der Waals surface area contributed by atoms with Gasteiger partial charge < -0.3 is 19.5 Å². The van der Waals surface area contributed by atoms with Gasteiger partial charge in [-0.1, -0.05) is 0 Å². The molecule has 0 radical (unpaired) electrons. The van der Waals surface area contributed by atoms with E-state index >= 15 is 4.39 Å². The van der Waals surface area contributed by atoms with Crippen molar-refractivity contribution in [3.8, 4) is 5.75 Å². The van der Waals surface area contributed by atoms with Crippen LogP contribution < -0.4 is 15.8 Å². The van der Waals surface area contributed by atoms with E-state index in [0.29, 0.717) is 10.3 Å². The summed E-state index contributed by atoms with van der Waals surface area (Å²) in [6.45, 7) is -1.36. The molecule has 0 bridgehead atoms. The summed E-state index contributed by atoms with van der Waals surface area (Å²) in [5.41, 5.74) is -1.34.